The van der Waals surface area contributed by atoms with Crippen molar-refractivity contribution in [3.05, 3.63) is 5.69 Å². The number of nitrogens with one attached hydrogen (secondary N) is 2. The molecule has 78 valence electrons. The Morgan fingerprint density at radius 1 is 1.57 bits per heavy atom. The van der Waals surface area contributed by atoms with Crippen LogP contribution in [0.5, 0.6) is 0 Å². The van der Waals surface area contributed by atoms with Gasteiger partial charge in [-0.05, 0) is 19.8 Å². The summed E-state index contributed by atoms with van der Waals surface area (Å²) < 4.78 is 1.93. The maximum atomic E-state index is 4.48. The summed E-state index contributed by atoms with van der Waals surface area (Å²) in [5.74, 6) is 1.13. The lowest BCUT2D eigenvalue weighted by Crippen LogP contribution is -2.17. The van der Waals surface area contributed by atoms with Gasteiger partial charge in [0, 0.05) is 19.6 Å². The number of nitrogens with zero attached hydrogens (tertiary/aromatic N) is 2. The molecule has 1 atom stereocenters. The van der Waals surface area contributed by atoms with E-state index >= 15 is 0 Å². The second-order valence-electron chi connectivity index (χ2n) is 3.91. The Kier molecular flexibility index (Phi) is 2.35. The number of hydrogen-bond donors (Lipinski definition) is 2. The van der Waals surface area contributed by atoms with Gasteiger partial charge in [-0.2, -0.15) is 5.10 Å². The minimum atomic E-state index is 0.517. The average molecular weight is 194 g/mol. The molecular weight excluding hydrogens is 176 g/mol. The lowest BCUT2D eigenvalue weighted by atomic mass is 10.2. The molecule has 0 amide bonds. The summed E-state index contributed by atoms with van der Waals surface area (Å²) in [6.45, 7) is 5.37. The first-order valence-electron chi connectivity index (χ1n) is 5.28. The van der Waals surface area contributed by atoms with Crippen molar-refractivity contribution in [2.45, 2.75) is 32.7 Å². The molecule has 0 fully saturated rings. The second-order valence-corrected chi connectivity index (χ2v) is 3.91. The molecule has 0 saturated carbocycles. The van der Waals surface area contributed by atoms with E-state index < -0.39 is 0 Å². The molecule has 1 aliphatic rings. The monoisotopic (exact) mass is 194 g/mol. The van der Waals surface area contributed by atoms with Crippen LogP contribution in [0.3, 0.4) is 0 Å². The van der Waals surface area contributed by atoms with Crippen LogP contribution in [-0.4, -0.2) is 22.4 Å². The molecule has 0 spiro atoms. The topological polar surface area (TPSA) is 41.9 Å². The van der Waals surface area contributed by atoms with E-state index in [1.807, 2.05) is 11.7 Å². The van der Waals surface area contributed by atoms with Gasteiger partial charge >= 0.3 is 0 Å². The summed E-state index contributed by atoms with van der Waals surface area (Å²) in [5, 5.41) is 11.4. The number of aromatic nitrogens is 2. The third kappa shape index (κ3) is 1.45. The molecule has 0 radical (unpaired) electrons. The maximum absolute atomic E-state index is 4.48. The molecule has 2 N–H and O–H groups in total. The normalized spacial score (nSPS) is 20.6. The van der Waals surface area contributed by atoms with E-state index in [1.54, 1.807) is 0 Å². The van der Waals surface area contributed by atoms with E-state index in [1.165, 1.54) is 5.69 Å². The van der Waals surface area contributed by atoms with Gasteiger partial charge in [0.15, 0.2) is 0 Å². The molecule has 1 unspecified atom stereocenters. The highest BCUT2D eigenvalue weighted by Gasteiger charge is 2.19. The first kappa shape index (κ1) is 9.37. The first-order chi connectivity index (χ1) is 6.72. The predicted molar refractivity (Wildman–Crippen MR) is 58.8 cm³/mol. The Hall–Kier alpha value is -1.19. The SMILES string of the molecule is CCc1nn(C)c2c1NCCC(C)N2. The fraction of sp³-hybridized carbons (Fsp3) is 0.700. The van der Waals surface area contributed by atoms with Gasteiger partial charge in [0.2, 0.25) is 0 Å². The van der Waals surface area contributed by atoms with Crippen molar-refractivity contribution in [2.24, 2.45) is 7.05 Å². The smallest absolute Gasteiger partial charge is 0.148 e. The Balaban J connectivity index is 2.40. The van der Waals surface area contributed by atoms with Crippen LogP contribution in [0.2, 0.25) is 0 Å². The van der Waals surface area contributed by atoms with E-state index in [-0.39, 0.29) is 0 Å². The van der Waals surface area contributed by atoms with Gasteiger partial charge in [0.25, 0.3) is 0 Å². The van der Waals surface area contributed by atoms with Crippen LogP contribution >= 0.6 is 0 Å². The molecule has 0 aliphatic carbocycles. The Morgan fingerprint density at radius 3 is 3.07 bits per heavy atom. The zero-order valence-electron chi connectivity index (χ0n) is 9.09. The van der Waals surface area contributed by atoms with Crippen LogP contribution in [-0.2, 0) is 13.5 Å². The van der Waals surface area contributed by atoms with Crippen LogP contribution < -0.4 is 10.6 Å². The van der Waals surface area contributed by atoms with Crippen LogP contribution in [0.15, 0.2) is 0 Å². The van der Waals surface area contributed by atoms with Gasteiger partial charge in [-0.25, -0.2) is 0 Å². The van der Waals surface area contributed by atoms with Gasteiger partial charge in [-0.15, -0.1) is 0 Å². The van der Waals surface area contributed by atoms with Crippen LogP contribution in [0.25, 0.3) is 0 Å². The van der Waals surface area contributed by atoms with E-state index in [0.29, 0.717) is 6.04 Å². The highest BCUT2D eigenvalue weighted by molar-refractivity contribution is 5.69. The highest BCUT2D eigenvalue weighted by Crippen LogP contribution is 2.28. The summed E-state index contributed by atoms with van der Waals surface area (Å²) in [7, 11) is 1.99. The largest absolute Gasteiger partial charge is 0.380 e. The fourth-order valence-corrected chi connectivity index (χ4v) is 1.90. The third-order valence-electron chi connectivity index (χ3n) is 2.72. The lowest BCUT2D eigenvalue weighted by Gasteiger charge is -2.10. The Labute approximate surface area is 84.7 Å². The summed E-state index contributed by atoms with van der Waals surface area (Å²) in [4.78, 5) is 0. The first-order valence-corrected chi connectivity index (χ1v) is 5.28. The van der Waals surface area contributed by atoms with Gasteiger partial charge in [-0.1, -0.05) is 6.92 Å². The average Bonchev–Trinajstić information content (AvgIpc) is 2.36. The van der Waals surface area contributed by atoms with Crippen molar-refractivity contribution in [2.75, 3.05) is 17.2 Å². The quantitative estimate of drug-likeness (QED) is 0.713. The summed E-state index contributed by atoms with van der Waals surface area (Å²) in [5.41, 5.74) is 2.35. The Bertz CT molecular complexity index is 329. The van der Waals surface area contributed by atoms with E-state index in [9.17, 15) is 0 Å². The predicted octanol–water partition coefficient (Wildman–Crippen LogP) is 1.60. The summed E-state index contributed by atoms with van der Waals surface area (Å²) >= 11 is 0. The minimum absolute atomic E-state index is 0.517. The van der Waals surface area contributed by atoms with Gasteiger partial charge < -0.3 is 10.6 Å². The number of anilines is 2. The summed E-state index contributed by atoms with van der Waals surface area (Å²) in [6.07, 6.45) is 2.13. The van der Waals surface area contributed by atoms with E-state index in [2.05, 4.69) is 29.6 Å². The molecule has 1 aromatic rings. The summed E-state index contributed by atoms with van der Waals surface area (Å²) in [6, 6.07) is 0.517. The number of rotatable bonds is 1. The van der Waals surface area contributed by atoms with Gasteiger partial charge in [0.1, 0.15) is 11.5 Å². The molecule has 4 nitrogen and oxygen atoms in total. The Morgan fingerprint density at radius 2 is 2.36 bits per heavy atom. The van der Waals surface area contributed by atoms with Crippen LogP contribution in [0.1, 0.15) is 26.0 Å². The molecular formula is C10H18N4. The lowest BCUT2D eigenvalue weighted by molar-refractivity contribution is 0.702. The third-order valence-corrected chi connectivity index (χ3v) is 2.72. The minimum Gasteiger partial charge on any atom is -0.380 e. The van der Waals surface area contributed by atoms with E-state index in [4.69, 9.17) is 0 Å². The molecule has 0 saturated heterocycles. The van der Waals surface area contributed by atoms with Crippen molar-refractivity contribution in [1.82, 2.24) is 9.78 Å². The molecule has 0 bridgehead atoms. The van der Waals surface area contributed by atoms with Crippen molar-refractivity contribution in [3.63, 3.8) is 0 Å². The fourth-order valence-electron chi connectivity index (χ4n) is 1.90. The zero-order valence-corrected chi connectivity index (χ0v) is 9.09. The molecule has 0 aromatic carbocycles. The maximum Gasteiger partial charge on any atom is 0.148 e. The number of aryl methyl sites for hydroxylation is 2. The van der Waals surface area contributed by atoms with E-state index in [0.717, 1.165) is 30.9 Å². The van der Waals surface area contributed by atoms with Crippen molar-refractivity contribution in [3.8, 4) is 0 Å². The number of fused-ring (bicyclic) bond motifs is 1. The van der Waals surface area contributed by atoms with Gasteiger partial charge in [0.05, 0.1) is 5.69 Å². The second kappa shape index (κ2) is 3.52. The zero-order chi connectivity index (χ0) is 10.1. The van der Waals surface area contributed by atoms with Crippen LogP contribution in [0, 0.1) is 0 Å². The van der Waals surface area contributed by atoms with Crippen molar-refractivity contribution in [1.29, 1.82) is 0 Å². The van der Waals surface area contributed by atoms with Crippen molar-refractivity contribution >= 4 is 11.5 Å². The molecule has 2 rings (SSSR count). The molecule has 1 aliphatic heterocycles. The molecule has 2 heterocycles. The standard InChI is InChI=1S/C10H18N4/c1-4-8-9-10(14(3)13-8)12-7(2)5-6-11-9/h7,11-12H,4-6H2,1-3H3. The van der Waals surface area contributed by atoms with Crippen molar-refractivity contribution < 1.29 is 0 Å². The van der Waals surface area contributed by atoms with Crippen LogP contribution in [0.4, 0.5) is 11.5 Å². The molecule has 1 aromatic heterocycles. The van der Waals surface area contributed by atoms with Gasteiger partial charge in [-0.3, -0.25) is 4.68 Å². The molecule has 4 heteroatoms. The highest BCUT2D eigenvalue weighted by atomic mass is 15.3. The molecule has 14 heavy (non-hydrogen) atoms. The number of hydrogen-bond acceptors (Lipinski definition) is 3.